The topological polar surface area (TPSA) is 64.3 Å². The first-order valence-electron chi connectivity index (χ1n) is 6.89. The Hall–Kier alpha value is -1.53. The SMILES string of the molecule is CCOC1CC(N)(C(=O)Nc2ccc(F)c(F)c2)C1(C)C. The zero-order valence-corrected chi connectivity index (χ0v) is 12.4. The molecule has 0 saturated heterocycles. The van der Waals surface area contributed by atoms with E-state index >= 15 is 0 Å². The molecule has 2 unspecified atom stereocenters. The minimum Gasteiger partial charge on any atom is -0.378 e. The van der Waals surface area contributed by atoms with Crippen LogP contribution in [0, 0.1) is 17.0 Å². The molecule has 0 heterocycles. The van der Waals surface area contributed by atoms with Gasteiger partial charge in [0, 0.05) is 30.2 Å². The van der Waals surface area contributed by atoms with Crippen molar-refractivity contribution in [2.45, 2.75) is 38.8 Å². The molecule has 1 aromatic carbocycles. The number of nitrogens with two attached hydrogens (primary N) is 1. The van der Waals surface area contributed by atoms with E-state index in [2.05, 4.69) is 5.32 Å². The van der Waals surface area contributed by atoms with Crippen LogP contribution >= 0.6 is 0 Å². The maximum absolute atomic E-state index is 13.2. The number of carbonyl (C=O) groups is 1. The van der Waals surface area contributed by atoms with Crippen molar-refractivity contribution in [3.05, 3.63) is 29.8 Å². The van der Waals surface area contributed by atoms with Crippen LogP contribution in [0.1, 0.15) is 27.2 Å². The van der Waals surface area contributed by atoms with Gasteiger partial charge in [-0.1, -0.05) is 13.8 Å². The molecule has 116 valence electrons. The maximum Gasteiger partial charge on any atom is 0.245 e. The van der Waals surface area contributed by atoms with Crippen molar-refractivity contribution >= 4 is 11.6 Å². The highest BCUT2D eigenvalue weighted by atomic mass is 19.2. The summed E-state index contributed by atoms with van der Waals surface area (Å²) in [4.78, 5) is 12.4. The van der Waals surface area contributed by atoms with Crippen molar-refractivity contribution in [1.29, 1.82) is 0 Å². The van der Waals surface area contributed by atoms with Crippen LogP contribution in [0.15, 0.2) is 18.2 Å². The highest BCUT2D eigenvalue weighted by molar-refractivity contribution is 5.99. The Labute approximate surface area is 122 Å². The van der Waals surface area contributed by atoms with E-state index in [0.717, 1.165) is 12.1 Å². The molecule has 1 amide bonds. The van der Waals surface area contributed by atoms with Gasteiger partial charge in [-0.25, -0.2) is 8.78 Å². The fourth-order valence-corrected chi connectivity index (χ4v) is 2.64. The molecular formula is C15H20F2N2O2. The van der Waals surface area contributed by atoms with Crippen LogP contribution in [0.25, 0.3) is 0 Å². The van der Waals surface area contributed by atoms with Gasteiger partial charge in [-0.15, -0.1) is 0 Å². The number of benzene rings is 1. The molecular weight excluding hydrogens is 278 g/mol. The number of nitrogens with one attached hydrogen (secondary N) is 1. The first kappa shape index (κ1) is 15.9. The molecule has 6 heteroatoms. The normalized spacial score (nSPS) is 27.0. The lowest BCUT2D eigenvalue weighted by molar-refractivity contribution is -0.166. The van der Waals surface area contributed by atoms with E-state index < -0.39 is 28.5 Å². The van der Waals surface area contributed by atoms with Crippen LogP contribution in [0.4, 0.5) is 14.5 Å². The Kier molecular flexibility index (Phi) is 4.04. The van der Waals surface area contributed by atoms with Gasteiger partial charge < -0.3 is 15.8 Å². The third kappa shape index (κ3) is 2.53. The summed E-state index contributed by atoms with van der Waals surface area (Å²) in [7, 11) is 0. The van der Waals surface area contributed by atoms with Gasteiger partial charge in [-0.05, 0) is 19.1 Å². The van der Waals surface area contributed by atoms with Gasteiger partial charge in [0.15, 0.2) is 11.6 Å². The average Bonchev–Trinajstić information content (AvgIpc) is 2.42. The van der Waals surface area contributed by atoms with Gasteiger partial charge in [-0.3, -0.25) is 4.79 Å². The van der Waals surface area contributed by atoms with E-state index in [1.807, 2.05) is 20.8 Å². The molecule has 1 aliphatic carbocycles. The van der Waals surface area contributed by atoms with Crippen molar-refractivity contribution < 1.29 is 18.3 Å². The highest BCUT2D eigenvalue weighted by Gasteiger charge is 2.62. The van der Waals surface area contributed by atoms with Crippen molar-refractivity contribution in [3.8, 4) is 0 Å². The molecule has 2 rings (SSSR count). The number of ether oxygens (including phenoxy) is 1. The number of anilines is 1. The second-order valence-electron chi connectivity index (χ2n) is 5.92. The minimum atomic E-state index is -1.10. The van der Waals surface area contributed by atoms with Crippen LogP contribution in [-0.2, 0) is 9.53 Å². The summed E-state index contributed by atoms with van der Waals surface area (Å²) >= 11 is 0. The molecule has 0 aromatic heterocycles. The lowest BCUT2D eigenvalue weighted by Gasteiger charge is -2.57. The number of rotatable bonds is 4. The quantitative estimate of drug-likeness (QED) is 0.897. The molecule has 0 spiro atoms. The minimum absolute atomic E-state index is 0.0943. The Morgan fingerprint density at radius 2 is 2.10 bits per heavy atom. The monoisotopic (exact) mass is 298 g/mol. The molecule has 0 bridgehead atoms. The van der Waals surface area contributed by atoms with Crippen molar-refractivity contribution in [2.24, 2.45) is 11.1 Å². The molecule has 1 aliphatic rings. The Morgan fingerprint density at radius 1 is 1.43 bits per heavy atom. The fraction of sp³-hybridized carbons (Fsp3) is 0.533. The van der Waals surface area contributed by atoms with Gasteiger partial charge in [0.2, 0.25) is 5.91 Å². The molecule has 21 heavy (non-hydrogen) atoms. The van der Waals surface area contributed by atoms with Gasteiger partial charge in [-0.2, -0.15) is 0 Å². The van der Waals surface area contributed by atoms with Crippen LogP contribution < -0.4 is 11.1 Å². The van der Waals surface area contributed by atoms with E-state index in [1.54, 1.807) is 0 Å². The zero-order valence-electron chi connectivity index (χ0n) is 12.4. The Balaban J connectivity index is 2.12. The molecule has 4 nitrogen and oxygen atoms in total. The summed E-state index contributed by atoms with van der Waals surface area (Å²) in [5.74, 6) is -2.40. The summed E-state index contributed by atoms with van der Waals surface area (Å²) < 4.78 is 31.6. The molecule has 1 aromatic rings. The summed E-state index contributed by atoms with van der Waals surface area (Å²) in [6.07, 6.45) is 0.298. The second-order valence-corrected chi connectivity index (χ2v) is 5.92. The van der Waals surface area contributed by atoms with E-state index in [-0.39, 0.29) is 11.8 Å². The molecule has 1 fully saturated rings. The third-order valence-electron chi connectivity index (χ3n) is 4.41. The van der Waals surface area contributed by atoms with E-state index in [4.69, 9.17) is 10.5 Å². The third-order valence-corrected chi connectivity index (χ3v) is 4.41. The van der Waals surface area contributed by atoms with Crippen molar-refractivity contribution in [1.82, 2.24) is 0 Å². The summed E-state index contributed by atoms with van der Waals surface area (Å²) in [5.41, 5.74) is 4.75. The van der Waals surface area contributed by atoms with Crippen molar-refractivity contribution in [2.75, 3.05) is 11.9 Å². The van der Waals surface area contributed by atoms with Gasteiger partial charge in [0.1, 0.15) is 5.54 Å². The van der Waals surface area contributed by atoms with Crippen LogP contribution in [-0.4, -0.2) is 24.2 Å². The summed E-state index contributed by atoms with van der Waals surface area (Å²) in [6.45, 7) is 6.16. The lowest BCUT2D eigenvalue weighted by atomic mass is 9.54. The Bertz CT molecular complexity index is 563. The first-order chi connectivity index (χ1) is 9.72. The van der Waals surface area contributed by atoms with E-state index in [1.165, 1.54) is 6.07 Å². The zero-order chi connectivity index (χ0) is 15.8. The summed E-state index contributed by atoms with van der Waals surface area (Å²) in [5, 5.41) is 2.54. The number of amides is 1. The van der Waals surface area contributed by atoms with Gasteiger partial charge >= 0.3 is 0 Å². The molecule has 0 radical (unpaired) electrons. The predicted molar refractivity (Wildman–Crippen MR) is 75.7 cm³/mol. The number of hydrogen-bond donors (Lipinski definition) is 2. The largest absolute Gasteiger partial charge is 0.378 e. The molecule has 0 aliphatic heterocycles. The molecule has 3 N–H and O–H groups in total. The van der Waals surface area contributed by atoms with Crippen LogP contribution in [0.5, 0.6) is 0 Å². The predicted octanol–water partition coefficient (Wildman–Crippen LogP) is 2.44. The highest BCUT2D eigenvalue weighted by Crippen LogP contribution is 2.50. The number of halogens is 2. The first-order valence-corrected chi connectivity index (χ1v) is 6.89. The smallest absolute Gasteiger partial charge is 0.245 e. The lowest BCUT2D eigenvalue weighted by Crippen LogP contribution is -2.74. The van der Waals surface area contributed by atoms with E-state index in [9.17, 15) is 13.6 Å². The standard InChI is InChI=1S/C15H20F2N2O2/c1-4-21-12-8-15(18,14(12,2)3)13(20)19-9-5-6-10(16)11(17)7-9/h5-7,12H,4,8,18H2,1-3H3,(H,19,20). The van der Waals surface area contributed by atoms with Crippen LogP contribution in [0.3, 0.4) is 0 Å². The molecule has 2 atom stereocenters. The second kappa shape index (κ2) is 5.35. The molecule has 1 saturated carbocycles. The average molecular weight is 298 g/mol. The maximum atomic E-state index is 13.2. The van der Waals surface area contributed by atoms with E-state index in [0.29, 0.717) is 13.0 Å². The number of carbonyl (C=O) groups excluding carboxylic acids is 1. The van der Waals surface area contributed by atoms with Gasteiger partial charge in [0.25, 0.3) is 0 Å². The number of hydrogen-bond acceptors (Lipinski definition) is 3. The van der Waals surface area contributed by atoms with Gasteiger partial charge in [0.05, 0.1) is 6.10 Å². The Morgan fingerprint density at radius 3 is 2.62 bits per heavy atom. The van der Waals surface area contributed by atoms with Crippen LogP contribution in [0.2, 0.25) is 0 Å². The summed E-state index contributed by atoms with van der Waals surface area (Å²) in [6, 6.07) is 3.19. The van der Waals surface area contributed by atoms with Crippen molar-refractivity contribution in [3.63, 3.8) is 0 Å². The fourth-order valence-electron chi connectivity index (χ4n) is 2.64.